The summed E-state index contributed by atoms with van der Waals surface area (Å²) in [6, 6.07) is 4.42. The first-order chi connectivity index (χ1) is 7.04. The van der Waals surface area contributed by atoms with Crippen LogP contribution in [0.2, 0.25) is 0 Å². The molecule has 1 fully saturated rings. The van der Waals surface area contributed by atoms with Gasteiger partial charge in [0.15, 0.2) is 0 Å². The van der Waals surface area contributed by atoms with Crippen molar-refractivity contribution in [2.45, 2.75) is 45.6 Å². The average molecular weight is 223 g/mol. The Hall–Kier alpha value is -0.340. The van der Waals surface area contributed by atoms with Crippen molar-refractivity contribution in [2.75, 3.05) is 6.54 Å². The summed E-state index contributed by atoms with van der Waals surface area (Å²) in [5, 5.41) is 5.94. The second-order valence-electron chi connectivity index (χ2n) is 5.62. The fourth-order valence-corrected chi connectivity index (χ4v) is 3.39. The Morgan fingerprint density at radius 1 is 1.47 bits per heavy atom. The highest BCUT2D eigenvalue weighted by Gasteiger charge is 2.43. The zero-order valence-corrected chi connectivity index (χ0v) is 10.8. The first-order valence-electron chi connectivity index (χ1n) is 5.81. The van der Waals surface area contributed by atoms with Crippen molar-refractivity contribution in [1.82, 2.24) is 5.32 Å². The smallest absolute Gasteiger partial charge is 0.0278 e. The summed E-state index contributed by atoms with van der Waals surface area (Å²) in [6.45, 7) is 8.26. The molecule has 1 N–H and O–H groups in total. The Kier molecular flexibility index (Phi) is 2.91. The fourth-order valence-electron chi connectivity index (χ4n) is 2.57. The summed E-state index contributed by atoms with van der Waals surface area (Å²) in [7, 11) is 0. The largest absolute Gasteiger partial charge is 0.310 e. The average Bonchev–Trinajstić information content (AvgIpc) is 2.74. The van der Waals surface area contributed by atoms with Crippen LogP contribution in [0.15, 0.2) is 17.5 Å². The minimum atomic E-state index is 0.317. The van der Waals surface area contributed by atoms with Crippen molar-refractivity contribution in [3.63, 3.8) is 0 Å². The molecular formula is C13H21NS. The standard InChI is InChI=1S/C13H21NS/c1-12(2,3)13(7-5-8-14-13)10-11-6-4-9-15-11/h4,6,9,14H,5,7-8,10H2,1-3H3. The first kappa shape index (κ1) is 11.2. The van der Waals surface area contributed by atoms with E-state index in [-0.39, 0.29) is 0 Å². The predicted molar refractivity (Wildman–Crippen MR) is 67.4 cm³/mol. The third kappa shape index (κ3) is 2.11. The van der Waals surface area contributed by atoms with E-state index in [2.05, 4.69) is 43.6 Å². The zero-order chi connectivity index (χ0) is 10.9. The molecule has 1 nitrogen and oxygen atoms in total. The number of nitrogens with one attached hydrogen (secondary N) is 1. The molecule has 2 heterocycles. The zero-order valence-electron chi connectivity index (χ0n) is 9.97. The van der Waals surface area contributed by atoms with E-state index in [1.165, 1.54) is 30.7 Å². The summed E-state index contributed by atoms with van der Waals surface area (Å²) in [5.41, 5.74) is 0.658. The molecule has 1 aliphatic heterocycles. The van der Waals surface area contributed by atoms with Crippen LogP contribution >= 0.6 is 11.3 Å². The van der Waals surface area contributed by atoms with Gasteiger partial charge in [0.2, 0.25) is 0 Å². The van der Waals surface area contributed by atoms with Gasteiger partial charge in [0.25, 0.3) is 0 Å². The summed E-state index contributed by atoms with van der Waals surface area (Å²) < 4.78 is 0. The van der Waals surface area contributed by atoms with Gasteiger partial charge < -0.3 is 5.32 Å². The Labute approximate surface area is 96.9 Å². The third-order valence-electron chi connectivity index (χ3n) is 3.74. The molecule has 0 bridgehead atoms. The number of rotatable bonds is 2. The van der Waals surface area contributed by atoms with Crippen molar-refractivity contribution in [1.29, 1.82) is 0 Å². The Bertz CT molecular complexity index is 302. The number of hydrogen-bond acceptors (Lipinski definition) is 2. The first-order valence-corrected chi connectivity index (χ1v) is 6.69. The Morgan fingerprint density at radius 3 is 2.73 bits per heavy atom. The maximum Gasteiger partial charge on any atom is 0.0278 e. The number of thiophene rings is 1. The van der Waals surface area contributed by atoms with Crippen molar-refractivity contribution in [3.05, 3.63) is 22.4 Å². The highest BCUT2D eigenvalue weighted by Crippen LogP contribution is 2.40. The summed E-state index contributed by atoms with van der Waals surface area (Å²) in [4.78, 5) is 1.51. The Morgan fingerprint density at radius 2 is 2.27 bits per heavy atom. The highest BCUT2D eigenvalue weighted by molar-refractivity contribution is 7.09. The summed E-state index contributed by atoms with van der Waals surface area (Å²) in [5.74, 6) is 0. The van der Waals surface area contributed by atoms with E-state index in [4.69, 9.17) is 0 Å². The van der Waals surface area contributed by atoms with Crippen LogP contribution < -0.4 is 5.32 Å². The molecule has 1 aromatic heterocycles. The van der Waals surface area contributed by atoms with Crippen LogP contribution in [0.5, 0.6) is 0 Å². The van der Waals surface area contributed by atoms with Gasteiger partial charge in [-0.05, 0) is 36.2 Å². The Balaban J connectivity index is 2.20. The molecule has 1 unspecified atom stereocenters. The molecule has 1 saturated heterocycles. The molecule has 15 heavy (non-hydrogen) atoms. The molecule has 2 heteroatoms. The van der Waals surface area contributed by atoms with Gasteiger partial charge in [0, 0.05) is 16.8 Å². The van der Waals surface area contributed by atoms with Gasteiger partial charge in [-0.3, -0.25) is 0 Å². The molecule has 0 aromatic carbocycles. The van der Waals surface area contributed by atoms with E-state index in [1.807, 2.05) is 11.3 Å². The van der Waals surface area contributed by atoms with Gasteiger partial charge in [0.1, 0.15) is 0 Å². The van der Waals surface area contributed by atoms with Crippen molar-refractivity contribution in [3.8, 4) is 0 Å². The predicted octanol–water partition coefficient (Wildman–Crippen LogP) is 3.46. The normalized spacial score (nSPS) is 27.1. The van der Waals surface area contributed by atoms with Gasteiger partial charge in [-0.2, -0.15) is 0 Å². The van der Waals surface area contributed by atoms with Crippen LogP contribution in [0.4, 0.5) is 0 Å². The summed E-state index contributed by atoms with van der Waals surface area (Å²) >= 11 is 1.88. The molecular weight excluding hydrogens is 202 g/mol. The molecule has 0 amide bonds. The second-order valence-corrected chi connectivity index (χ2v) is 6.65. The van der Waals surface area contributed by atoms with Gasteiger partial charge >= 0.3 is 0 Å². The lowest BCUT2D eigenvalue weighted by atomic mass is 9.70. The molecule has 0 aliphatic carbocycles. The topological polar surface area (TPSA) is 12.0 Å². The highest BCUT2D eigenvalue weighted by atomic mass is 32.1. The number of hydrogen-bond donors (Lipinski definition) is 1. The van der Waals surface area contributed by atoms with Crippen LogP contribution in [0.1, 0.15) is 38.5 Å². The van der Waals surface area contributed by atoms with Crippen LogP contribution in [0.3, 0.4) is 0 Å². The van der Waals surface area contributed by atoms with Gasteiger partial charge in [0.05, 0.1) is 0 Å². The van der Waals surface area contributed by atoms with Crippen molar-refractivity contribution in [2.24, 2.45) is 5.41 Å². The van der Waals surface area contributed by atoms with Crippen molar-refractivity contribution < 1.29 is 0 Å². The van der Waals surface area contributed by atoms with Crippen LogP contribution in [0, 0.1) is 5.41 Å². The van der Waals surface area contributed by atoms with Gasteiger partial charge in [-0.1, -0.05) is 26.8 Å². The molecule has 2 rings (SSSR count). The fraction of sp³-hybridized carbons (Fsp3) is 0.692. The van der Waals surface area contributed by atoms with Crippen molar-refractivity contribution >= 4 is 11.3 Å². The quantitative estimate of drug-likeness (QED) is 0.809. The summed E-state index contributed by atoms with van der Waals surface area (Å²) in [6.07, 6.45) is 3.82. The van der Waals surface area contributed by atoms with Gasteiger partial charge in [-0.25, -0.2) is 0 Å². The lowest BCUT2D eigenvalue weighted by Gasteiger charge is -2.42. The molecule has 0 saturated carbocycles. The minimum Gasteiger partial charge on any atom is -0.310 e. The molecule has 0 radical (unpaired) electrons. The van der Waals surface area contributed by atoms with Crippen LogP contribution in [-0.2, 0) is 6.42 Å². The van der Waals surface area contributed by atoms with Crippen LogP contribution in [-0.4, -0.2) is 12.1 Å². The second kappa shape index (κ2) is 3.91. The maximum absolute atomic E-state index is 3.76. The molecule has 1 aromatic rings. The SMILES string of the molecule is CC(C)(C)C1(Cc2cccs2)CCCN1. The van der Waals surface area contributed by atoms with Crippen LogP contribution in [0.25, 0.3) is 0 Å². The van der Waals surface area contributed by atoms with E-state index in [9.17, 15) is 0 Å². The third-order valence-corrected chi connectivity index (χ3v) is 4.61. The van der Waals surface area contributed by atoms with Gasteiger partial charge in [-0.15, -0.1) is 11.3 Å². The van der Waals surface area contributed by atoms with E-state index in [1.54, 1.807) is 0 Å². The monoisotopic (exact) mass is 223 g/mol. The molecule has 1 atom stereocenters. The lowest BCUT2D eigenvalue weighted by Crippen LogP contribution is -2.52. The molecule has 84 valence electrons. The minimum absolute atomic E-state index is 0.317. The van der Waals surface area contributed by atoms with E-state index >= 15 is 0 Å². The van der Waals surface area contributed by atoms with E-state index < -0.39 is 0 Å². The maximum atomic E-state index is 3.76. The van der Waals surface area contributed by atoms with E-state index in [0.717, 1.165) is 0 Å². The lowest BCUT2D eigenvalue weighted by molar-refractivity contribution is 0.160. The molecule has 0 spiro atoms. The molecule has 1 aliphatic rings. The van der Waals surface area contributed by atoms with E-state index in [0.29, 0.717) is 11.0 Å².